The molecule has 140 valence electrons. The number of para-hydroxylation sites is 1. The Labute approximate surface area is 163 Å². The summed E-state index contributed by atoms with van der Waals surface area (Å²) >= 11 is 5.57. The van der Waals surface area contributed by atoms with Crippen LogP contribution in [-0.4, -0.2) is 58.0 Å². The average Bonchev–Trinajstić information content (AvgIpc) is 3.09. The first-order valence-corrected chi connectivity index (χ1v) is 9.35. The van der Waals surface area contributed by atoms with Crippen LogP contribution in [0.3, 0.4) is 0 Å². The van der Waals surface area contributed by atoms with Crippen molar-refractivity contribution >= 4 is 17.9 Å². The van der Waals surface area contributed by atoms with Crippen molar-refractivity contribution in [2.24, 2.45) is 0 Å². The van der Waals surface area contributed by atoms with Crippen molar-refractivity contribution in [1.29, 1.82) is 0 Å². The summed E-state index contributed by atoms with van der Waals surface area (Å²) in [6, 6.07) is 18.2. The number of tetrazole rings is 1. The van der Waals surface area contributed by atoms with Gasteiger partial charge in [-0.1, -0.05) is 18.2 Å². The van der Waals surface area contributed by atoms with Crippen LogP contribution >= 0.6 is 12.2 Å². The first kappa shape index (κ1) is 17.7. The van der Waals surface area contributed by atoms with Gasteiger partial charge in [0.15, 0.2) is 0 Å². The van der Waals surface area contributed by atoms with E-state index in [1.54, 1.807) is 16.5 Å². The zero-order valence-corrected chi connectivity index (χ0v) is 16.0. The Bertz CT molecular complexity index is 929. The van der Waals surface area contributed by atoms with Crippen molar-refractivity contribution in [3.05, 3.63) is 59.4 Å². The molecule has 1 saturated heterocycles. The van der Waals surface area contributed by atoms with Gasteiger partial charge in [-0.2, -0.15) is 4.68 Å². The summed E-state index contributed by atoms with van der Waals surface area (Å²) < 4.78 is 9.23. The Morgan fingerprint density at radius 3 is 2.26 bits per heavy atom. The minimum absolute atomic E-state index is 0.589. The van der Waals surface area contributed by atoms with Gasteiger partial charge in [0.25, 0.3) is 0 Å². The SMILES string of the molecule is COc1ccc(-n2nnn(CN3CCN(c4ccccc4)CC3)c2=S)cc1. The van der Waals surface area contributed by atoms with Gasteiger partial charge in [-0.25, -0.2) is 4.68 Å². The van der Waals surface area contributed by atoms with Gasteiger partial charge in [0.1, 0.15) is 5.75 Å². The lowest BCUT2D eigenvalue weighted by Gasteiger charge is -2.35. The molecule has 0 saturated carbocycles. The summed E-state index contributed by atoms with van der Waals surface area (Å²) in [4.78, 5) is 4.76. The maximum atomic E-state index is 5.57. The number of rotatable bonds is 5. The van der Waals surface area contributed by atoms with E-state index in [-0.39, 0.29) is 0 Å². The van der Waals surface area contributed by atoms with E-state index in [1.807, 2.05) is 30.3 Å². The Balaban J connectivity index is 1.41. The van der Waals surface area contributed by atoms with E-state index in [2.05, 4.69) is 44.5 Å². The number of anilines is 1. The summed E-state index contributed by atoms with van der Waals surface area (Å²) in [5.74, 6) is 0.800. The predicted molar refractivity (Wildman–Crippen MR) is 107 cm³/mol. The second-order valence-corrected chi connectivity index (χ2v) is 6.82. The molecule has 1 aliphatic heterocycles. The largest absolute Gasteiger partial charge is 0.497 e. The van der Waals surface area contributed by atoms with Crippen LogP contribution in [0, 0.1) is 4.77 Å². The standard InChI is InChI=1S/C19H22N6OS/c1-26-18-9-7-17(8-10-18)25-19(27)24(20-21-25)15-22-11-13-23(14-12-22)16-5-3-2-4-6-16/h2-10H,11-15H2,1H3. The van der Waals surface area contributed by atoms with Crippen LogP contribution in [0.15, 0.2) is 54.6 Å². The average molecular weight is 382 g/mol. The minimum atomic E-state index is 0.589. The highest BCUT2D eigenvalue weighted by Crippen LogP contribution is 2.17. The third-order valence-corrected chi connectivity index (χ3v) is 5.17. The van der Waals surface area contributed by atoms with Gasteiger partial charge in [0.2, 0.25) is 4.77 Å². The monoisotopic (exact) mass is 382 g/mol. The third-order valence-electron chi connectivity index (χ3n) is 4.78. The molecule has 2 heterocycles. The van der Waals surface area contributed by atoms with E-state index in [0.29, 0.717) is 11.4 Å². The summed E-state index contributed by atoms with van der Waals surface area (Å²) in [5.41, 5.74) is 2.15. The van der Waals surface area contributed by atoms with Gasteiger partial charge in [0.05, 0.1) is 19.5 Å². The Morgan fingerprint density at radius 2 is 1.59 bits per heavy atom. The third kappa shape index (κ3) is 3.86. The molecule has 3 aromatic rings. The zero-order valence-electron chi connectivity index (χ0n) is 15.2. The molecule has 0 radical (unpaired) electrons. The van der Waals surface area contributed by atoms with Gasteiger partial charge in [0, 0.05) is 31.9 Å². The molecule has 0 atom stereocenters. The van der Waals surface area contributed by atoms with Crippen molar-refractivity contribution in [3.8, 4) is 11.4 Å². The molecular weight excluding hydrogens is 360 g/mol. The van der Waals surface area contributed by atoms with Gasteiger partial charge < -0.3 is 9.64 Å². The van der Waals surface area contributed by atoms with Crippen molar-refractivity contribution < 1.29 is 4.74 Å². The van der Waals surface area contributed by atoms with Gasteiger partial charge >= 0.3 is 0 Å². The lowest BCUT2D eigenvalue weighted by Crippen LogP contribution is -2.47. The first-order chi connectivity index (χ1) is 13.2. The molecule has 1 aromatic heterocycles. The number of methoxy groups -OCH3 is 1. The number of hydrogen-bond acceptors (Lipinski definition) is 6. The number of piperazine rings is 1. The van der Waals surface area contributed by atoms with E-state index in [1.165, 1.54) is 5.69 Å². The van der Waals surface area contributed by atoms with E-state index < -0.39 is 0 Å². The second kappa shape index (κ2) is 7.89. The predicted octanol–water partition coefficient (Wildman–Crippen LogP) is 2.59. The maximum absolute atomic E-state index is 5.57. The Morgan fingerprint density at radius 1 is 0.889 bits per heavy atom. The molecule has 1 fully saturated rings. The number of aromatic nitrogens is 4. The zero-order chi connectivity index (χ0) is 18.6. The molecule has 0 spiro atoms. The minimum Gasteiger partial charge on any atom is -0.497 e. The van der Waals surface area contributed by atoms with Crippen LogP contribution in [0.5, 0.6) is 5.75 Å². The highest BCUT2D eigenvalue weighted by molar-refractivity contribution is 7.71. The number of ether oxygens (including phenoxy) is 1. The van der Waals surface area contributed by atoms with Crippen molar-refractivity contribution in [2.45, 2.75) is 6.67 Å². The van der Waals surface area contributed by atoms with Crippen LogP contribution < -0.4 is 9.64 Å². The fraction of sp³-hybridized carbons (Fsp3) is 0.316. The van der Waals surface area contributed by atoms with E-state index in [9.17, 15) is 0 Å². The van der Waals surface area contributed by atoms with Gasteiger partial charge in [-0.15, -0.1) is 0 Å². The molecular formula is C19H22N6OS. The normalized spacial score (nSPS) is 15.1. The second-order valence-electron chi connectivity index (χ2n) is 6.45. The van der Waals surface area contributed by atoms with Crippen LogP contribution in [-0.2, 0) is 6.67 Å². The molecule has 0 aliphatic carbocycles. The molecule has 0 unspecified atom stereocenters. The van der Waals surface area contributed by atoms with Gasteiger partial charge in [-0.05, 0) is 59.0 Å². The fourth-order valence-corrected chi connectivity index (χ4v) is 3.46. The summed E-state index contributed by atoms with van der Waals surface area (Å²) in [5, 5.41) is 8.46. The number of benzene rings is 2. The van der Waals surface area contributed by atoms with Crippen LogP contribution in [0.4, 0.5) is 5.69 Å². The maximum Gasteiger partial charge on any atom is 0.221 e. The summed E-state index contributed by atoms with van der Waals surface area (Å²) in [6.07, 6.45) is 0. The van der Waals surface area contributed by atoms with Crippen molar-refractivity contribution in [1.82, 2.24) is 24.7 Å². The molecule has 27 heavy (non-hydrogen) atoms. The Hall–Kier alpha value is -2.71. The molecule has 4 rings (SSSR count). The van der Waals surface area contributed by atoms with Crippen molar-refractivity contribution in [3.63, 3.8) is 0 Å². The van der Waals surface area contributed by atoms with E-state index >= 15 is 0 Å². The fourth-order valence-electron chi connectivity index (χ4n) is 3.22. The molecule has 8 heteroatoms. The van der Waals surface area contributed by atoms with Crippen LogP contribution in [0.25, 0.3) is 5.69 Å². The molecule has 0 bridgehead atoms. The highest BCUT2D eigenvalue weighted by atomic mass is 32.1. The van der Waals surface area contributed by atoms with E-state index in [0.717, 1.165) is 37.6 Å². The number of nitrogens with zero attached hydrogens (tertiary/aromatic N) is 6. The lowest BCUT2D eigenvalue weighted by atomic mass is 10.2. The summed E-state index contributed by atoms with van der Waals surface area (Å²) in [7, 11) is 1.65. The van der Waals surface area contributed by atoms with Crippen LogP contribution in [0.1, 0.15) is 0 Å². The highest BCUT2D eigenvalue weighted by Gasteiger charge is 2.18. The molecule has 0 amide bonds. The quantitative estimate of drug-likeness (QED) is 0.632. The Kier molecular flexibility index (Phi) is 5.17. The molecule has 1 aliphatic rings. The smallest absolute Gasteiger partial charge is 0.221 e. The van der Waals surface area contributed by atoms with Crippen molar-refractivity contribution in [2.75, 3.05) is 38.2 Å². The molecule has 0 N–H and O–H groups in total. The van der Waals surface area contributed by atoms with E-state index in [4.69, 9.17) is 17.0 Å². The van der Waals surface area contributed by atoms with Gasteiger partial charge in [-0.3, -0.25) is 4.90 Å². The lowest BCUT2D eigenvalue weighted by molar-refractivity contribution is 0.193. The number of hydrogen-bond donors (Lipinski definition) is 0. The van der Waals surface area contributed by atoms with Crippen LogP contribution in [0.2, 0.25) is 0 Å². The topological polar surface area (TPSA) is 51.4 Å². The molecule has 2 aromatic carbocycles. The first-order valence-electron chi connectivity index (χ1n) is 8.94. The molecule has 7 nitrogen and oxygen atoms in total. The summed E-state index contributed by atoms with van der Waals surface area (Å²) in [6.45, 7) is 4.56.